The molecule has 0 bridgehead atoms. The molecule has 0 saturated carbocycles. The number of rotatable bonds is 25. The molecule has 0 spiro atoms. The topological polar surface area (TPSA) is 176 Å². The second-order valence-corrected chi connectivity index (χ2v) is 18.2. The van der Waals surface area contributed by atoms with Gasteiger partial charge in [-0.05, 0) is 82.2 Å². The molecule has 1 fully saturated rings. The molecule has 8 unspecified atom stereocenters. The maximum Gasteiger partial charge on any atom is 0.251 e. The van der Waals surface area contributed by atoms with Gasteiger partial charge >= 0.3 is 0 Å². The number of hydrogen-bond donors (Lipinski definition) is 4. The van der Waals surface area contributed by atoms with Crippen LogP contribution in [-0.2, 0) is 39.9 Å². The number of methoxy groups -OCH3 is 2. The third-order valence-electron chi connectivity index (χ3n) is 12.4. The molecule has 0 radical (unpaired) electrons. The summed E-state index contributed by atoms with van der Waals surface area (Å²) >= 11 is 0. The van der Waals surface area contributed by atoms with Crippen LogP contribution in [0, 0.1) is 23.7 Å². The highest BCUT2D eigenvalue weighted by Crippen LogP contribution is 2.29. The van der Waals surface area contributed by atoms with Crippen LogP contribution in [0.25, 0.3) is 0 Å². The fraction of sp³-hybridized carbons (Fsp3) is 0.653. The van der Waals surface area contributed by atoms with Crippen molar-refractivity contribution in [1.82, 2.24) is 30.7 Å². The van der Waals surface area contributed by atoms with Gasteiger partial charge in [-0.3, -0.25) is 28.9 Å². The summed E-state index contributed by atoms with van der Waals surface area (Å²) in [5, 5.41) is 9.16. The summed E-state index contributed by atoms with van der Waals surface area (Å²) in [6.45, 7) is 19.8. The lowest BCUT2D eigenvalue weighted by molar-refractivity contribution is -0.150. The maximum absolute atomic E-state index is 14.5. The second-order valence-electron chi connectivity index (χ2n) is 18.2. The molecule has 9 atom stereocenters. The Balaban J connectivity index is 2.36. The summed E-state index contributed by atoms with van der Waals surface area (Å²) in [5.41, 5.74) is 7.64. The van der Waals surface area contributed by atoms with Gasteiger partial charge in [-0.25, -0.2) is 0 Å². The van der Waals surface area contributed by atoms with Gasteiger partial charge in [0.15, 0.2) is 0 Å². The van der Waals surface area contributed by atoms with E-state index in [0.717, 1.165) is 24.8 Å². The molecular formula is C49H81N7O7. The largest absolute Gasteiger partial charge is 0.402 e. The third-order valence-corrected chi connectivity index (χ3v) is 12.4. The van der Waals surface area contributed by atoms with Gasteiger partial charge in [-0.15, -0.1) is 0 Å². The third kappa shape index (κ3) is 16.2. The molecule has 1 aromatic rings. The Bertz CT molecular complexity index is 1690. The van der Waals surface area contributed by atoms with Crippen molar-refractivity contribution < 1.29 is 33.4 Å². The number of nitrogens with two attached hydrogens (primary N) is 1. The Morgan fingerprint density at radius 3 is 2.10 bits per heavy atom. The standard InChI is InChI=1S/C49H81N7O7/c1-15-33(7)44(55(12)49(61)42(31(3)4)53-48(60)43(32(5)6)54(10)11)40(62-13)29-41(57)56-27-21-20-24-39(56)45(63-14)35(9)46(58)52-38(28-36-22-18-17-19-23-36)30-51-47(59)37(16-2)26-25-34(8)50/h16-19,22-23,25-26,31-33,35,38-40,42-45H,2,15,20-21,24,27-30,50H2,1,3-14H3,(H,51,59)(H,52,58)(H,53,60)/b34-25+,37-26+/t33?,35?,38?,39?,40?,42-,43?,44?,45?/m0/s1. The van der Waals surface area contributed by atoms with E-state index in [-0.39, 0.29) is 60.3 Å². The van der Waals surface area contributed by atoms with E-state index in [0.29, 0.717) is 30.7 Å². The minimum Gasteiger partial charge on any atom is -0.402 e. The van der Waals surface area contributed by atoms with E-state index in [1.54, 1.807) is 45.2 Å². The van der Waals surface area contributed by atoms with Crippen molar-refractivity contribution in [3.8, 4) is 0 Å². The smallest absolute Gasteiger partial charge is 0.251 e. The predicted octanol–water partition coefficient (Wildman–Crippen LogP) is 4.84. The van der Waals surface area contributed by atoms with Crippen molar-refractivity contribution in [3.05, 3.63) is 72.0 Å². The number of amides is 5. The molecule has 1 aliphatic rings. The van der Waals surface area contributed by atoms with E-state index < -0.39 is 48.3 Å². The van der Waals surface area contributed by atoms with Crippen LogP contribution in [0.5, 0.6) is 0 Å². The lowest BCUT2D eigenvalue weighted by Gasteiger charge is -2.43. The van der Waals surface area contributed by atoms with Crippen LogP contribution in [0.3, 0.4) is 0 Å². The molecule has 354 valence electrons. The maximum atomic E-state index is 14.5. The number of nitrogens with zero attached hydrogens (tertiary/aromatic N) is 3. The predicted molar refractivity (Wildman–Crippen MR) is 251 cm³/mol. The van der Waals surface area contributed by atoms with Crippen LogP contribution in [0.4, 0.5) is 0 Å². The van der Waals surface area contributed by atoms with Crippen LogP contribution in [0.15, 0.2) is 66.4 Å². The molecule has 0 aromatic heterocycles. The molecule has 0 aliphatic carbocycles. The van der Waals surface area contributed by atoms with E-state index in [1.807, 2.05) is 103 Å². The molecular weight excluding hydrogens is 799 g/mol. The highest BCUT2D eigenvalue weighted by Gasteiger charge is 2.42. The average molecular weight is 880 g/mol. The molecule has 2 rings (SSSR count). The summed E-state index contributed by atoms with van der Waals surface area (Å²) in [7, 11) is 8.58. The highest BCUT2D eigenvalue weighted by molar-refractivity contribution is 5.96. The van der Waals surface area contributed by atoms with Crippen molar-refractivity contribution in [3.63, 3.8) is 0 Å². The Labute approximate surface area is 378 Å². The van der Waals surface area contributed by atoms with Gasteiger partial charge in [0.05, 0.1) is 48.7 Å². The van der Waals surface area contributed by atoms with Crippen molar-refractivity contribution in [2.24, 2.45) is 29.4 Å². The Morgan fingerprint density at radius 1 is 0.921 bits per heavy atom. The zero-order chi connectivity index (χ0) is 47.6. The van der Waals surface area contributed by atoms with Crippen LogP contribution in [0.1, 0.15) is 93.1 Å². The van der Waals surface area contributed by atoms with Crippen LogP contribution < -0.4 is 21.7 Å². The average Bonchev–Trinajstić information content (AvgIpc) is 3.24. The molecule has 5 N–H and O–H groups in total. The number of ether oxygens (including phenoxy) is 2. The number of likely N-dealkylation sites (N-methyl/N-ethyl adjacent to an activating group) is 2. The highest BCUT2D eigenvalue weighted by atomic mass is 16.5. The van der Waals surface area contributed by atoms with Gasteiger partial charge in [0.1, 0.15) is 6.04 Å². The Hall–Kier alpha value is -4.53. The van der Waals surface area contributed by atoms with Crippen molar-refractivity contribution in [2.45, 2.75) is 136 Å². The van der Waals surface area contributed by atoms with Crippen molar-refractivity contribution in [2.75, 3.05) is 48.5 Å². The molecule has 1 aromatic carbocycles. The summed E-state index contributed by atoms with van der Waals surface area (Å²) < 4.78 is 12.2. The van der Waals surface area contributed by atoms with E-state index in [9.17, 15) is 24.0 Å². The van der Waals surface area contributed by atoms with E-state index in [2.05, 4.69) is 22.5 Å². The second kappa shape index (κ2) is 26.9. The zero-order valence-electron chi connectivity index (χ0n) is 40.6. The monoisotopic (exact) mass is 880 g/mol. The van der Waals surface area contributed by atoms with Gasteiger partial charge in [-0.1, -0.05) is 97.9 Å². The number of likely N-dealkylation sites (tertiary alicyclic amines) is 1. The minimum absolute atomic E-state index is 0.00598. The first-order valence-electron chi connectivity index (χ1n) is 22.7. The van der Waals surface area contributed by atoms with E-state index >= 15 is 0 Å². The summed E-state index contributed by atoms with van der Waals surface area (Å²) in [6, 6.07) is 7.20. The molecule has 5 amide bonds. The van der Waals surface area contributed by atoms with Gasteiger partial charge in [0.2, 0.25) is 23.6 Å². The van der Waals surface area contributed by atoms with Crippen molar-refractivity contribution in [1.29, 1.82) is 0 Å². The Morgan fingerprint density at radius 2 is 1.57 bits per heavy atom. The number of carbonyl (C=O) groups is 5. The number of benzene rings is 1. The molecule has 1 aliphatic heterocycles. The number of hydrogen-bond acceptors (Lipinski definition) is 9. The molecule has 14 heteroatoms. The lowest BCUT2D eigenvalue weighted by atomic mass is 9.87. The molecule has 1 heterocycles. The number of allylic oxidation sites excluding steroid dienone is 3. The summed E-state index contributed by atoms with van der Waals surface area (Å²) in [5.74, 6) is -2.07. The molecule has 14 nitrogen and oxygen atoms in total. The van der Waals surface area contributed by atoms with Crippen LogP contribution in [-0.4, -0.2) is 135 Å². The Kier molecular flexibility index (Phi) is 23.4. The number of carbonyl (C=O) groups excluding carboxylic acids is 5. The first kappa shape index (κ1) is 54.6. The van der Waals surface area contributed by atoms with E-state index in [4.69, 9.17) is 15.2 Å². The quantitative estimate of drug-likeness (QED) is 0.0792. The fourth-order valence-corrected chi connectivity index (χ4v) is 8.76. The molecule has 63 heavy (non-hydrogen) atoms. The molecule has 1 saturated heterocycles. The fourth-order valence-electron chi connectivity index (χ4n) is 8.76. The van der Waals surface area contributed by atoms with Gasteiger partial charge in [-0.2, -0.15) is 0 Å². The van der Waals surface area contributed by atoms with Crippen molar-refractivity contribution >= 4 is 29.5 Å². The number of piperidine rings is 1. The lowest BCUT2D eigenvalue weighted by Crippen LogP contribution is -2.60. The zero-order valence-corrected chi connectivity index (χ0v) is 40.6. The summed E-state index contributed by atoms with van der Waals surface area (Å²) in [6.07, 6.45) is 6.89. The van der Waals surface area contributed by atoms with Gasteiger partial charge in [0.25, 0.3) is 5.91 Å². The van der Waals surface area contributed by atoms with E-state index in [1.165, 1.54) is 6.08 Å². The normalized spacial score (nSPS) is 18.7. The minimum atomic E-state index is -0.780. The summed E-state index contributed by atoms with van der Waals surface area (Å²) in [4.78, 5) is 75.1. The van der Waals surface area contributed by atoms with Crippen LogP contribution in [0.2, 0.25) is 0 Å². The van der Waals surface area contributed by atoms with Crippen LogP contribution >= 0.6 is 0 Å². The first-order chi connectivity index (χ1) is 29.7. The number of nitrogens with one attached hydrogen (secondary N) is 3. The first-order valence-corrected chi connectivity index (χ1v) is 22.7. The van der Waals surface area contributed by atoms with Gasteiger partial charge in [0, 0.05) is 45.6 Å². The van der Waals surface area contributed by atoms with Gasteiger partial charge < -0.3 is 41.0 Å². The SMILES string of the molecule is C=C/C(=C\C=C(/C)N)C(=O)NCC(Cc1ccccc1)NC(=O)C(C)C(OC)C1CCCCN1C(=O)CC(OC)C(C(C)CC)N(C)C(=O)[C@@H](NC(=O)C(C(C)C)N(C)C)C(C)C.